The molecule has 0 aliphatic carbocycles. The van der Waals surface area contributed by atoms with Gasteiger partial charge in [-0.2, -0.15) is 0 Å². The molecule has 116 valence electrons. The highest BCUT2D eigenvalue weighted by molar-refractivity contribution is 5.76. The average Bonchev–Trinajstić information content (AvgIpc) is 2.52. The molecule has 1 atom stereocenters. The first-order valence-electron chi connectivity index (χ1n) is 8.23. The summed E-state index contributed by atoms with van der Waals surface area (Å²) in [6.45, 7) is 6.17. The van der Waals surface area contributed by atoms with Crippen molar-refractivity contribution in [1.29, 1.82) is 0 Å². The van der Waals surface area contributed by atoms with Gasteiger partial charge in [0.25, 0.3) is 0 Å². The van der Waals surface area contributed by atoms with Crippen LogP contribution >= 0.6 is 0 Å². The second-order valence-corrected chi connectivity index (χ2v) is 6.27. The van der Waals surface area contributed by atoms with Crippen molar-refractivity contribution < 1.29 is 4.79 Å². The highest BCUT2D eigenvalue weighted by Crippen LogP contribution is 2.12. The minimum atomic E-state index is 0.275. The summed E-state index contributed by atoms with van der Waals surface area (Å²) < 4.78 is 0. The highest BCUT2D eigenvalue weighted by atomic mass is 16.2. The van der Waals surface area contributed by atoms with Gasteiger partial charge in [-0.25, -0.2) is 0 Å². The van der Waals surface area contributed by atoms with Crippen LogP contribution in [0.1, 0.15) is 45.1 Å². The van der Waals surface area contributed by atoms with Crippen molar-refractivity contribution in [2.75, 3.05) is 13.1 Å². The van der Waals surface area contributed by atoms with Crippen LogP contribution in [0.2, 0.25) is 0 Å². The maximum Gasteiger partial charge on any atom is 0.223 e. The van der Waals surface area contributed by atoms with E-state index in [9.17, 15) is 4.79 Å². The number of amides is 1. The molecule has 0 spiro atoms. The van der Waals surface area contributed by atoms with Gasteiger partial charge in [-0.15, -0.1) is 0 Å². The Balaban J connectivity index is 1.86. The molecule has 1 aliphatic heterocycles. The molecule has 1 unspecified atom stereocenters. The molecule has 0 saturated carbocycles. The molecular formula is C18H28N2O. The van der Waals surface area contributed by atoms with E-state index in [2.05, 4.69) is 31.3 Å². The summed E-state index contributed by atoms with van der Waals surface area (Å²) in [6.07, 6.45) is 5.17. The van der Waals surface area contributed by atoms with Gasteiger partial charge in [0, 0.05) is 25.0 Å². The van der Waals surface area contributed by atoms with E-state index in [0.29, 0.717) is 12.5 Å². The maximum absolute atomic E-state index is 12.5. The lowest BCUT2D eigenvalue weighted by atomic mass is 10.0. The van der Waals surface area contributed by atoms with E-state index in [0.717, 1.165) is 19.5 Å². The molecule has 1 aliphatic rings. The Morgan fingerprint density at radius 1 is 1.29 bits per heavy atom. The van der Waals surface area contributed by atoms with Crippen molar-refractivity contribution >= 4 is 5.91 Å². The third-order valence-electron chi connectivity index (χ3n) is 4.24. The van der Waals surface area contributed by atoms with E-state index in [1.807, 2.05) is 23.1 Å². The van der Waals surface area contributed by atoms with Crippen molar-refractivity contribution in [3.8, 4) is 0 Å². The number of aryl methyl sites for hydroxylation is 1. The van der Waals surface area contributed by atoms with Gasteiger partial charge in [0.1, 0.15) is 0 Å². The molecule has 1 aromatic carbocycles. The van der Waals surface area contributed by atoms with Gasteiger partial charge in [0.15, 0.2) is 0 Å². The predicted octanol–water partition coefficient (Wildman–Crippen LogP) is 3.00. The first kappa shape index (κ1) is 16.0. The van der Waals surface area contributed by atoms with Crippen LogP contribution < -0.4 is 5.32 Å². The minimum Gasteiger partial charge on any atom is -0.339 e. The Kier molecular flexibility index (Phi) is 6.24. The highest BCUT2D eigenvalue weighted by Gasteiger charge is 2.22. The lowest BCUT2D eigenvalue weighted by Gasteiger charge is -2.33. The van der Waals surface area contributed by atoms with Crippen molar-refractivity contribution in [2.45, 2.75) is 58.0 Å². The molecule has 2 rings (SSSR count). The molecule has 1 saturated heterocycles. The normalized spacial score (nSPS) is 18.7. The smallest absolute Gasteiger partial charge is 0.223 e. The summed E-state index contributed by atoms with van der Waals surface area (Å²) >= 11 is 0. The molecule has 0 bridgehead atoms. The molecule has 0 aromatic heterocycles. The molecule has 3 nitrogen and oxygen atoms in total. The molecule has 1 amide bonds. The van der Waals surface area contributed by atoms with Crippen molar-refractivity contribution in [3.63, 3.8) is 0 Å². The third-order valence-corrected chi connectivity index (χ3v) is 4.24. The number of hydrogen-bond donors (Lipinski definition) is 1. The molecule has 0 radical (unpaired) electrons. The minimum absolute atomic E-state index is 0.275. The van der Waals surface area contributed by atoms with E-state index >= 15 is 0 Å². The SMILES string of the molecule is CC(C)N(CC1CCCCN1)C(=O)CCc1ccccc1. The molecule has 21 heavy (non-hydrogen) atoms. The Labute approximate surface area is 128 Å². The van der Waals surface area contributed by atoms with Crippen LogP contribution in [0.4, 0.5) is 0 Å². The van der Waals surface area contributed by atoms with Crippen LogP contribution in [-0.4, -0.2) is 36.0 Å². The summed E-state index contributed by atoms with van der Waals surface area (Å²) in [5.41, 5.74) is 1.24. The molecule has 3 heteroatoms. The van der Waals surface area contributed by atoms with Crippen molar-refractivity contribution in [2.24, 2.45) is 0 Å². The zero-order valence-corrected chi connectivity index (χ0v) is 13.3. The maximum atomic E-state index is 12.5. The van der Waals surface area contributed by atoms with Gasteiger partial charge in [-0.3, -0.25) is 4.79 Å². The first-order chi connectivity index (χ1) is 10.2. The lowest BCUT2D eigenvalue weighted by Crippen LogP contribution is -2.48. The number of hydrogen-bond acceptors (Lipinski definition) is 2. The fourth-order valence-corrected chi connectivity index (χ4v) is 2.96. The quantitative estimate of drug-likeness (QED) is 0.873. The van der Waals surface area contributed by atoms with Crippen LogP contribution in [0, 0.1) is 0 Å². The van der Waals surface area contributed by atoms with Gasteiger partial charge in [-0.05, 0) is 45.2 Å². The summed E-state index contributed by atoms with van der Waals surface area (Å²) in [4.78, 5) is 14.6. The molecule has 1 heterocycles. The average molecular weight is 288 g/mol. The fraction of sp³-hybridized carbons (Fsp3) is 0.611. The number of rotatable bonds is 6. The van der Waals surface area contributed by atoms with Crippen LogP contribution in [0.5, 0.6) is 0 Å². The largest absolute Gasteiger partial charge is 0.339 e. The summed E-state index contributed by atoms with van der Waals surface area (Å²) in [5, 5.41) is 3.54. The van der Waals surface area contributed by atoms with Gasteiger partial charge >= 0.3 is 0 Å². The van der Waals surface area contributed by atoms with Gasteiger partial charge in [-0.1, -0.05) is 36.8 Å². The van der Waals surface area contributed by atoms with E-state index in [-0.39, 0.29) is 11.9 Å². The van der Waals surface area contributed by atoms with Gasteiger partial charge in [0.05, 0.1) is 0 Å². The lowest BCUT2D eigenvalue weighted by molar-refractivity contribution is -0.133. The van der Waals surface area contributed by atoms with Crippen LogP contribution in [0.3, 0.4) is 0 Å². The number of piperidine rings is 1. The second kappa shape index (κ2) is 8.18. The van der Waals surface area contributed by atoms with Crippen molar-refractivity contribution in [1.82, 2.24) is 10.2 Å². The fourth-order valence-electron chi connectivity index (χ4n) is 2.96. The molecule has 1 N–H and O–H groups in total. The topological polar surface area (TPSA) is 32.3 Å². The Hall–Kier alpha value is -1.35. The monoisotopic (exact) mass is 288 g/mol. The Morgan fingerprint density at radius 2 is 2.05 bits per heavy atom. The number of benzene rings is 1. The first-order valence-corrected chi connectivity index (χ1v) is 8.23. The number of nitrogens with one attached hydrogen (secondary N) is 1. The van der Waals surface area contributed by atoms with Crippen LogP contribution in [0.15, 0.2) is 30.3 Å². The zero-order chi connectivity index (χ0) is 15.1. The predicted molar refractivity (Wildman–Crippen MR) is 87.3 cm³/mol. The van der Waals surface area contributed by atoms with E-state index < -0.39 is 0 Å². The summed E-state index contributed by atoms with van der Waals surface area (Å²) in [6, 6.07) is 11.0. The van der Waals surface area contributed by atoms with E-state index in [4.69, 9.17) is 0 Å². The van der Waals surface area contributed by atoms with E-state index in [1.165, 1.54) is 24.8 Å². The van der Waals surface area contributed by atoms with Gasteiger partial charge < -0.3 is 10.2 Å². The number of carbonyl (C=O) groups is 1. The van der Waals surface area contributed by atoms with Crippen LogP contribution in [0.25, 0.3) is 0 Å². The Morgan fingerprint density at radius 3 is 2.67 bits per heavy atom. The van der Waals surface area contributed by atoms with Gasteiger partial charge in [0.2, 0.25) is 5.91 Å². The second-order valence-electron chi connectivity index (χ2n) is 6.27. The molecular weight excluding hydrogens is 260 g/mol. The molecule has 1 fully saturated rings. The standard InChI is InChI=1S/C18H28N2O/c1-15(2)20(14-17-10-6-7-13-19-17)18(21)12-11-16-8-4-3-5-9-16/h3-5,8-9,15,17,19H,6-7,10-14H2,1-2H3. The summed E-state index contributed by atoms with van der Waals surface area (Å²) in [5.74, 6) is 0.279. The Bertz CT molecular complexity index is 424. The number of nitrogens with zero attached hydrogens (tertiary/aromatic N) is 1. The van der Waals surface area contributed by atoms with E-state index in [1.54, 1.807) is 0 Å². The zero-order valence-electron chi connectivity index (χ0n) is 13.3. The number of carbonyl (C=O) groups excluding carboxylic acids is 1. The third kappa shape index (κ3) is 5.16. The summed E-state index contributed by atoms with van der Waals surface area (Å²) in [7, 11) is 0. The van der Waals surface area contributed by atoms with Crippen LogP contribution in [-0.2, 0) is 11.2 Å². The van der Waals surface area contributed by atoms with Crippen molar-refractivity contribution in [3.05, 3.63) is 35.9 Å². The molecule has 1 aromatic rings.